The second-order valence-electron chi connectivity index (χ2n) is 14.1. The molecular formula is C46H31F3. The molecule has 0 radical (unpaired) electrons. The van der Waals surface area contributed by atoms with Crippen LogP contribution in [0.15, 0.2) is 133 Å². The minimum absolute atomic E-state index is 0.104. The Balaban J connectivity index is 1.26. The van der Waals surface area contributed by atoms with E-state index in [1.165, 1.54) is 38.2 Å². The Morgan fingerprint density at radius 1 is 0.388 bits per heavy atom. The number of benzene rings is 9. The summed E-state index contributed by atoms with van der Waals surface area (Å²) in [5.41, 5.74) is 6.90. The number of halogens is 3. The second kappa shape index (κ2) is 10.7. The normalized spacial score (nSPS) is 12.3. The number of hydrogen-bond acceptors (Lipinski definition) is 0. The molecule has 0 aromatic heterocycles. The highest BCUT2D eigenvalue weighted by molar-refractivity contribution is 6.26. The molecule has 236 valence electrons. The molecule has 9 aromatic rings. The molecule has 0 saturated heterocycles. The summed E-state index contributed by atoms with van der Waals surface area (Å²) < 4.78 is 43.1. The summed E-state index contributed by atoms with van der Waals surface area (Å²) in [6, 6.07) is 44.9. The van der Waals surface area contributed by atoms with E-state index in [1.54, 1.807) is 0 Å². The third kappa shape index (κ3) is 4.60. The van der Waals surface area contributed by atoms with Gasteiger partial charge in [-0.3, -0.25) is 0 Å². The van der Waals surface area contributed by atoms with E-state index in [1.807, 2.05) is 36.4 Å². The van der Waals surface area contributed by atoms with Gasteiger partial charge in [0, 0.05) is 0 Å². The van der Waals surface area contributed by atoms with E-state index < -0.39 is 17.5 Å². The first-order chi connectivity index (χ1) is 23.7. The molecule has 9 aromatic carbocycles. The molecule has 0 aliphatic carbocycles. The molecule has 0 nitrogen and oxygen atoms in total. The van der Waals surface area contributed by atoms with Crippen LogP contribution in [0.5, 0.6) is 0 Å². The highest BCUT2D eigenvalue weighted by Crippen LogP contribution is 2.46. The first-order valence-electron chi connectivity index (χ1n) is 16.6. The Labute approximate surface area is 282 Å². The first kappa shape index (κ1) is 29.5. The highest BCUT2D eigenvalue weighted by atomic mass is 19.2. The van der Waals surface area contributed by atoms with Crippen molar-refractivity contribution in [3.63, 3.8) is 0 Å². The van der Waals surface area contributed by atoms with Crippen LogP contribution < -0.4 is 0 Å². The SMILES string of the molecule is CC(C)(C)c1ccc(-c2cc3ccc4cc(-c5c6ccccc6c(-c6cc(F)c(F)c(F)c6)c6ccccc56)cc5ccc(c2)c3c45)cc1. The van der Waals surface area contributed by atoms with Gasteiger partial charge in [0.2, 0.25) is 0 Å². The molecule has 0 amide bonds. The molecule has 0 fully saturated rings. The lowest BCUT2D eigenvalue weighted by Gasteiger charge is -2.20. The molecule has 0 N–H and O–H groups in total. The third-order valence-corrected chi connectivity index (χ3v) is 10.1. The van der Waals surface area contributed by atoms with Gasteiger partial charge < -0.3 is 0 Å². The molecule has 0 spiro atoms. The zero-order valence-corrected chi connectivity index (χ0v) is 27.3. The van der Waals surface area contributed by atoms with Crippen molar-refractivity contribution in [1.82, 2.24) is 0 Å². The summed E-state index contributed by atoms with van der Waals surface area (Å²) >= 11 is 0. The van der Waals surface area contributed by atoms with Crippen molar-refractivity contribution in [3.8, 4) is 33.4 Å². The predicted molar refractivity (Wildman–Crippen MR) is 200 cm³/mol. The van der Waals surface area contributed by atoms with E-state index >= 15 is 0 Å². The van der Waals surface area contributed by atoms with Crippen LogP contribution in [-0.2, 0) is 5.41 Å². The van der Waals surface area contributed by atoms with Gasteiger partial charge in [0.1, 0.15) is 0 Å². The van der Waals surface area contributed by atoms with Crippen LogP contribution in [-0.4, -0.2) is 0 Å². The molecule has 0 aliphatic rings. The van der Waals surface area contributed by atoms with Crippen LogP contribution >= 0.6 is 0 Å². The van der Waals surface area contributed by atoms with E-state index in [9.17, 15) is 13.2 Å². The zero-order chi connectivity index (χ0) is 33.6. The van der Waals surface area contributed by atoms with Crippen molar-refractivity contribution < 1.29 is 13.2 Å². The van der Waals surface area contributed by atoms with Crippen LogP contribution in [0, 0.1) is 17.5 Å². The van der Waals surface area contributed by atoms with Gasteiger partial charge in [-0.1, -0.05) is 118 Å². The summed E-state index contributed by atoms with van der Waals surface area (Å²) in [5.74, 6) is -3.87. The van der Waals surface area contributed by atoms with E-state index in [4.69, 9.17) is 0 Å². The lowest BCUT2D eigenvalue weighted by atomic mass is 9.84. The maximum absolute atomic E-state index is 14.6. The molecular weight excluding hydrogens is 610 g/mol. The van der Waals surface area contributed by atoms with Gasteiger partial charge in [-0.2, -0.15) is 0 Å². The molecule has 0 aliphatic heterocycles. The summed E-state index contributed by atoms with van der Waals surface area (Å²) in [6.07, 6.45) is 0. The van der Waals surface area contributed by atoms with Crippen LogP contribution in [0.4, 0.5) is 13.2 Å². The van der Waals surface area contributed by atoms with Gasteiger partial charge in [-0.05, 0) is 135 Å². The Morgan fingerprint density at radius 2 is 0.755 bits per heavy atom. The van der Waals surface area contributed by atoms with Crippen LogP contribution in [0.25, 0.3) is 87.2 Å². The molecule has 0 atom stereocenters. The van der Waals surface area contributed by atoms with E-state index in [0.717, 1.165) is 55.6 Å². The molecule has 3 heteroatoms. The lowest BCUT2D eigenvalue weighted by molar-refractivity contribution is 0.448. The third-order valence-electron chi connectivity index (χ3n) is 10.1. The monoisotopic (exact) mass is 640 g/mol. The quantitative estimate of drug-likeness (QED) is 0.102. The van der Waals surface area contributed by atoms with Crippen molar-refractivity contribution in [2.75, 3.05) is 0 Å². The topological polar surface area (TPSA) is 0 Å². The predicted octanol–water partition coefficient (Wildman–Crippen LogP) is 13.6. The van der Waals surface area contributed by atoms with Crippen molar-refractivity contribution >= 4 is 53.9 Å². The largest absolute Gasteiger partial charge is 0.204 e. The molecule has 9 rings (SSSR count). The standard InChI is InChI=1S/C46H31F3/c1-46(2,3)34-18-16-26(17-19-34)31-20-27-12-14-29-22-32(23-30-15-13-28(21-31)41(27)42(29)30)43-35-8-4-6-10-37(35)44(38-11-7-5-9-36(38)43)33-24-39(47)45(49)40(48)25-33/h4-25H,1-3H3. The average molecular weight is 641 g/mol. The van der Waals surface area contributed by atoms with Crippen molar-refractivity contribution in [1.29, 1.82) is 0 Å². The van der Waals surface area contributed by atoms with Gasteiger partial charge in [0.15, 0.2) is 17.5 Å². The van der Waals surface area contributed by atoms with Crippen LogP contribution in [0.3, 0.4) is 0 Å². The maximum atomic E-state index is 14.6. The molecule has 0 saturated carbocycles. The van der Waals surface area contributed by atoms with Gasteiger partial charge in [-0.15, -0.1) is 0 Å². The summed E-state index contributed by atoms with van der Waals surface area (Å²) in [4.78, 5) is 0. The fraction of sp³-hybridized carbons (Fsp3) is 0.0870. The lowest BCUT2D eigenvalue weighted by Crippen LogP contribution is -2.10. The molecule has 49 heavy (non-hydrogen) atoms. The number of hydrogen-bond donors (Lipinski definition) is 0. The average Bonchev–Trinajstić information content (AvgIpc) is 3.11. The Bertz CT molecular complexity index is 2620. The number of rotatable bonds is 3. The molecule has 0 bridgehead atoms. The Hall–Kier alpha value is -5.67. The van der Waals surface area contributed by atoms with Gasteiger partial charge in [0.25, 0.3) is 0 Å². The van der Waals surface area contributed by atoms with E-state index in [2.05, 4.69) is 106 Å². The summed E-state index contributed by atoms with van der Waals surface area (Å²) in [6.45, 7) is 6.71. The molecule has 0 heterocycles. The van der Waals surface area contributed by atoms with Crippen LogP contribution in [0.1, 0.15) is 26.3 Å². The fourth-order valence-corrected chi connectivity index (χ4v) is 7.76. The highest BCUT2D eigenvalue weighted by Gasteiger charge is 2.21. The minimum Gasteiger partial charge on any atom is -0.204 e. The first-order valence-corrected chi connectivity index (χ1v) is 16.6. The Kier molecular flexibility index (Phi) is 6.42. The van der Waals surface area contributed by atoms with E-state index in [0.29, 0.717) is 11.1 Å². The zero-order valence-electron chi connectivity index (χ0n) is 27.3. The van der Waals surface area contributed by atoms with Gasteiger partial charge in [-0.25, -0.2) is 13.2 Å². The smallest absolute Gasteiger partial charge is 0.194 e. The Morgan fingerprint density at radius 3 is 1.14 bits per heavy atom. The second-order valence-corrected chi connectivity index (χ2v) is 14.1. The van der Waals surface area contributed by atoms with Gasteiger partial charge in [0.05, 0.1) is 0 Å². The molecule has 0 unspecified atom stereocenters. The van der Waals surface area contributed by atoms with E-state index in [-0.39, 0.29) is 5.41 Å². The maximum Gasteiger partial charge on any atom is 0.194 e. The van der Waals surface area contributed by atoms with Gasteiger partial charge >= 0.3 is 0 Å². The van der Waals surface area contributed by atoms with Crippen molar-refractivity contribution in [2.45, 2.75) is 26.2 Å². The van der Waals surface area contributed by atoms with Crippen molar-refractivity contribution in [2.24, 2.45) is 0 Å². The van der Waals surface area contributed by atoms with Crippen molar-refractivity contribution in [3.05, 3.63) is 156 Å². The summed E-state index contributed by atoms with van der Waals surface area (Å²) in [5, 5.41) is 10.8. The summed E-state index contributed by atoms with van der Waals surface area (Å²) in [7, 11) is 0. The number of fused-ring (bicyclic) bond motifs is 2. The minimum atomic E-state index is -1.46. The van der Waals surface area contributed by atoms with Crippen LogP contribution in [0.2, 0.25) is 0 Å². The fourth-order valence-electron chi connectivity index (χ4n) is 7.76.